The molecule has 3 rings (SSSR count). The van der Waals surface area contributed by atoms with Crippen LogP contribution in [0.15, 0.2) is 64.5 Å². The summed E-state index contributed by atoms with van der Waals surface area (Å²) in [4.78, 5) is 25.9. The molecule has 0 radical (unpaired) electrons. The summed E-state index contributed by atoms with van der Waals surface area (Å²) in [6.45, 7) is 0.333. The van der Waals surface area contributed by atoms with Gasteiger partial charge in [0.05, 0.1) is 13.3 Å². The van der Waals surface area contributed by atoms with E-state index in [0.717, 1.165) is 21.7 Å². The van der Waals surface area contributed by atoms with Crippen LogP contribution < -0.4 is 20.3 Å². The van der Waals surface area contributed by atoms with Crippen molar-refractivity contribution in [1.29, 1.82) is 0 Å². The topological polar surface area (TPSA) is 92.4 Å². The van der Waals surface area contributed by atoms with E-state index in [0.29, 0.717) is 6.54 Å². The Hall–Kier alpha value is -3.68. The first kappa shape index (κ1) is 18.1. The second-order valence-electron chi connectivity index (χ2n) is 5.81. The molecule has 27 heavy (non-hydrogen) atoms. The summed E-state index contributed by atoms with van der Waals surface area (Å²) < 4.78 is 6.44. The highest BCUT2D eigenvalue weighted by Gasteiger charge is 2.26. The molecule has 1 amide bonds. The Morgan fingerprint density at radius 1 is 1.22 bits per heavy atom. The molecule has 8 heteroatoms. The van der Waals surface area contributed by atoms with Crippen LogP contribution in [0.2, 0.25) is 0 Å². The van der Waals surface area contributed by atoms with Crippen LogP contribution in [0.3, 0.4) is 0 Å². The molecule has 0 unspecified atom stereocenters. The zero-order valence-corrected chi connectivity index (χ0v) is 15.0. The Morgan fingerprint density at radius 3 is 2.59 bits per heavy atom. The van der Waals surface area contributed by atoms with Gasteiger partial charge in [0.15, 0.2) is 0 Å². The lowest BCUT2D eigenvalue weighted by molar-refractivity contribution is -0.734. The molecular formula is C19H20N5O3+. The van der Waals surface area contributed by atoms with Crippen LogP contribution in [0.25, 0.3) is 0 Å². The fourth-order valence-corrected chi connectivity index (χ4v) is 2.49. The van der Waals surface area contributed by atoms with E-state index in [2.05, 4.69) is 15.6 Å². The first-order valence-corrected chi connectivity index (χ1v) is 8.30. The van der Waals surface area contributed by atoms with E-state index in [-0.39, 0.29) is 5.69 Å². The number of amides is 1. The maximum atomic E-state index is 12.5. The molecular weight excluding hydrogens is 346 g/mol. The van der Waals surface area contributed by atoms with Crippen LogP contribution in [0.1, 0.15) is 21.6 Å². The molecule has 0 aliphatic carbocycles. The Kier molecular flexibility index (Phi) is 5.46. The van der Waals surface area contributed by atoms with Crippen molar-refractivity contribution < 1.29 is 14.2 Å². The predicted octanol–water partition coefficient (Wildman–Crippen LogP) is 0.822. The zero-order chi connectivity index (χ0) is 19.2. The van der Waals surface area contributed by atoms with E-state index >= 15 is 0 Å². The molecule has 2 aromatic carbocycles. The number of ether oxygens (including phenoxy) is 1. The average molecular weight is 366 g/mol. The van der Waals surface area contributed by atoms with Crippen LogP contribution in [0.4, 0.5) is 0 Å². The zero-order valence-electron chi connectivity index (χ0n) is 15.0. The van der Waals surface area contributed by atoms with Crippen molar-refractivity contribution in [3.8, 4) is 5.75 Å². The maximum absolute atomic E-state index is 12.5. The fraction of sp³-hybridized carbons (Fsp3) is 0.158. The van der Waals surface area contributed by atoms with Gasteiger partial charge in [-0.1, -0.05) is 40.6 Å². The standard InChI is InChI=1S/C19H19N5O3/c1-23-17(18(25)20-12-14-6-4-3-5-7-14)19(26)24(22-23)21-13-15-8-10-16(27-2)11-9-15/h3-11,13H,12H2,1-2H3,(H-,20,22,25,26)/p+1/b21-13+. The lowest BCUT2D eigenvalue weighted by atomic mass is 10.2. The first-order chi connectivity index (χ1) is 13.1. The number of benzene rings is 2. The number of methoxy groups -OCH3 is 1. The number of nitrogens with one attached hydrogen (secondary N) is 2. The highest BCUT2D eigenvalue weighted by molar-refractivity contribution is 5.90. The number of aryl methyl sites for hydroxylation is 1. The van der Waals surface area contributed by atoms with Gasteiger partial charge in [-0.05, 0) is 35.4 Å². The Bertz CT molecular complexity index is 1000. The van der Waals surface area contributed by atoms with Gasteiger partial charge in [-0.15, -0.1) is 0 Å². The molecule has 0 spiro atoms. The Morgan fingerprint density at radius 2 is 1.93 bits per heavy atom. The van der Waals surface area contributed by atoms with Gasteiger partial charge in [0.25, 0.3) is 0 Å². The summed E-state index contributed by atoms with van der Waals surface area (Å²) in [5.41, 5.74) is 1.17. The van der Waals surface area contributed by atoms with Gasteiger partial charge in [0, 0.05) is 11.3 Å². The number of carbonyl (C=O) groups is 1. The molecule has 1 heterocycles. The average Bonchev–Trinajstić information content (AvgIpc) is 2.99. The Balaban J connectivity index is 1.74. The first-order valence-electron chi connectivity index (χ1n) is 8.30. The molecule has 0 aliphatic rings. The molecule has 0 bridgehead atoms. The van der Waals surface area contributed by atoms with Crippen LogP contribution in [0, 0.1) is 0 Å². The third-order valence-electron chi connectivity index (χ3n) is 3.92. The number of aromatic amines is 1. The smallest absolute Gasteiger partial charge is 0.432 e. The minimum atomic E-state index is -0.534. The summed E-state index contributed by atoms with van der Waals surface area (Å²) in [6.07, 6.45) is 1.52. The summed E-state index contributed by atoms with van der Waals surface area (Å²) in [6, 6.07) is 16.7. The number of H-pyrrole nitrogens is 1. The molecule has 0 atom stereocenters. The maximum Gasteiger partial charge on any atom is 0.432 e. The highest BCUT2D eigenvalue weighted by Crippen LogP contribution is 2.09. The second-order valence-corrected chi connectivity index (χ2v) is 5.81. The highest BCUT2D eigenvalue weighted by atomic mass is 16.5. The predicted molar refractivity (Wildman–Crippen MR) is 99.8 cm³/mol. The lowest BCUT2D eigenvalue weighted by Crippen LogP contribution is -2.43. The van der Waals surface area contributed by atoms with Crippen molar-refractivity contribution >= 4 is 12.1 Å². The van der Waals surface area contributed by atoms with Gasteiger partial charge in [0.2, 0.25) is 0 Å². The van der Waals surface area contributed by atoms with Crippen molar-refractivity contribution in [3.05, 3.63) is 81.8 Å². The number of rotatable bonds is 6. The van der Waals surface area contributed by atoms with Crippen molar-refractivity contribution in [2.24, 2.45) is 12.1 Å². The molecule has 0 saturated carbocycles. The monoisotopic (exact) mass is 366 g/mol. The van der Waals surface area contributed by atoms with E-state index < -0.39 is 11.5 Å². The van der Waals surface area contributed by atoms with E-state index in [4.69, 9.17) is 4.74 Å². The molecule has 138 valence electrons. The third kappa shape index (κ3) is 4.30. The van der Waals surface area contributed by atoms with E-state index in [1.165, 1.54) is 10.9 Å². The largest absolute Gasteiger partial charge is 0.497 e. The van der Waals surface area contributed by atoms with Gasteiger partial charge in [0.1, 0.15) is 12.8 Å². The molecule has 3 aromatic rings. The quantitative estimate of drug-likeness (QED) is 0.500. The van der Waals surface area contributed by atoms with Crippen LogP contribution in [-0.2, 0) is 13.6 Å². The fourth-order valence-electron chi connectivity index (χ4n) is 2.49. The van der Waals surface area contributed by atoms with Crippen molar-refractivity contribution in [2.75, 3.05) is 7.11 Å². The van der Waals surface area contributed by atoms with Gasteiger partial charge >= 0.3 is 17.2 Å². The molecule has 1 aromatic heterocycles. The number of carbonyl (C=O) groups excluding carboxylic acids is 1. The van der Waals surface area contributed by atoms with Crippen LogP contribution >= 0.6 is 0 Å². The van der Waals surface area contributed by atoms with Gasteiger partial charge in [-0.2, -0.15) is 4.68 Å². The van der Waals surface area contributed by atoms with Crippen LogP contribution in [0.5, 0.6) is 5.75 Å². The summed E-state index contributed by atoms with van der Waals surface area (Å²) in [5, 5.41) is 9.56. The summed E-state index contributed by atoms with van der Waals surface area (Å²) >= 11 is 0. The summed E-state index contributed by atoms with van der Waals surface area (Å²) in [7, 11) is 3.17. The third-order valence-corrected chi connectivity index (χ3v) is 3.92. The SMILES string of the molecule is COc1ccc(/C=N/n2[nH][n+](C)c(C(=O)NCc3ccccc3)c2=O)cc1. The lowest BCUT2D eigenvalue weighted by Gasteiger charge is -2.01. The number of hydrogen-bond donors (Lipinski definition) is 2. The van der Waals surface area contributed by atoms with Crippen LogP contribution in [-0.4, -0.2) is 29.2 Å². The second kappa shape index (κ2) is 8.13. The van der Waals surface area contributed by atoms with Crippen molar-refractivity contribution in [1.82, 2.24) is 15.3 Å². The van der Waals surface area contributed by atoms with Gasteiger partial charge < -0.3 is 10.1 Å². The number of aromatic nitrogens is 3. The minimum absolute atomic E-state index is 0.0298. The molecule has 0 fully saturated rings. The molecule has 0 aliphatic heterocycles. The van der Waals surface area contributed by atoms with E-state index in [1.807, 2.05) is 42.5 Å². The normalized spacial score (nSPS) is 10.9. The summed E-state index contributed by atoms with van der Waals surface area (Å²) in [5.74, 6) is 0.258. The van der Waals surface area contributed by atoms with E-state index in [1.54, 1.807) is 26.3 Å². The number of hydrogen-bond acceptors (Lipinski definition) is 4. The molecule has 2 N–H and O–H groups in total. The number of nitrogens with zero attached hydrogens (tertiary/aromatic N) is 3. The van der Waals surface area contributed by atoms with Crippen molar-refractivity contribution in [2.45, 2.75) is 6.54 Å². The van der Waals surface area contributed by atoms with E-state index in [9.17, 15) is 9.59 Å². The minimum Gasteiger partial charge on any atom is -0.497 e. The van der Waals surface area contributed by atoms with Crippen molar-refractivity contribution in [3.63, 3.8) is 0 Å². The molecule has 8 nitrogen and oxygen atoms in total. The van der Waals surface area contributed by atoms with Gasteiger partial charge in [-0.25, -0.2) is 4.79 Å². The van der Waals surface area contributed by atoms with Gasteiger partial charge in [-0.3, -0.25) is 4.79 Å². The molecule has 0 saturated heterocycles. The Labute approximate surface area is 155 Å².